The van der Waals surface area contributed by atoms with Crippen LogP contribution in [0.2, 0.25) is 0 Å². The lowest BCUT2D eigenvalue weighted by Gasteiger charge is -2.34. The molecule has 8 heteroatoms. The van der Waals surface area contributed by atoms with Crippen LogP contribution < -0.4 is 10.2 Å². The molecule has 0 aliphatic carbocycles. The Balaban J connectivity index is 1.52. The second kappa shape index (κ2) is 8.50. The number of anilines is 1. The second-order valence-electron chi connectivity index (χ2n) is 7.30. The van der Waals surface area contributed by atoms with Crippen molar-refractivity contribution in [3.8, 4) is 0 Å². The van der Waals surface area contributed by atoms with E-state index in [4.69, 9.17) is 4.74 Å². The van der Waals surface area contributed by atoms with Crippen LogP contribution in [0.15, 0.2) is 18.2 Å². The van der Waals surface area contributed by atoms with Crippen molar-refractivity contribution in [3.63, 3.8) is 0 Å². The van der Waals surface area contributed by atoms with Gasteiger partial charge in [-0.3, -0.25) is 4.79 Å². The van der Waals surface area contributed by atoms with E-state index in [0.29, 0.717) is 45.8 Å². The SMILES string of the molecule is CCOC(=O)N1CCN(C(=O)N[C@@H]2CC(=O)N(c3ccc(C)c(C)c3)C2)CC1. The van der Waals surface area contributed by atoms with E-state index in [1.807, 2.05) is 32.0 Å². The first kappa shape index (κ1) is 20.0. The number of carbonyl (C=O) groups is 3. The first-order valence-corrected chi connectivity index (χ1v) is 9.73. The highest BCUT2D eigenvalue weighted by Gasteiger charge is 2.33. The van der Waals surface area contributed by atoms with Crippen LogP contribution in [0, 0.1) is 13.8 Å². The number of ether oxygens (including phenoxy) is 1. The molecule has 2 fully saturated rings. The van der Waals surface area contributed by atoms with Gasteiger partial charge in [-0.2, -0.15) is 0 Å². The van der Waals surface area contributed by atoms with Gasteiger partial charge in [-0.05, 0) is 44.0 Å². The van der Waals surface area contributed by atoms with Gasteiger partial charge in [-0.1, -0.05) is 6.07 Å². The molecule has 0 radical (unpaired) electrons. The minimum absolute atomic E-state index is 0.0145. The zero-order valence-electron chi connectivity index (χ0n) is 16.7. The Morgan fingerprint density at radius 1 is 1.11 bits per heavy atom. The largest absolute Gasteiger partial charge is 0.450 e. The van der Waals surface area contributed by atoms with Gasteiger partial charge < -0.3 is 24.8 Å². The van der Waals surface area contributed by atoms with Gasteiger partial charge in [0.1, 0.15) is 0 Å². The summed E-state index contributed by atoms with van der Waals surface area (Å²) in [5, 5.41) is 2.96. The van der Waals surface area contributed by atoms with Crippen molar-refractivity contribution in [1.29, 1.82) is 0 Å². The maximum atomic E-state index is 12.6. The number of nitrogens with zero attached hydrogens (tertiary/aromatic N) is 3. The molecule has 0 unspecified atom stereocenters. The van der Waals surface area contributed by atoms with Gasteiger partial charge in [-0.15, -0.1) is 0 Å². The third-order valence-electron chi connectivity index (χ3n) is 5.35. The van der Waals surface area contributed by atoms with Crippen molar-refractivity contribution >= 4 is 23.7 Å². The maximum absolute atomic E-state index is 12.6. The van der Waals surface area contributed by atoms with E-state index in [9.17, 15) is 14.4 Å². The Hall–Kier alpha value is -2.77. The molecule has 1 aromatic rings. The van der Waals surface area contributed by atoms with E-state index in [0.717, 1.165) is 11.3 Å². The Morgan fingerprint density at radius 2 is 1.79 bits per heavy atom. The Morgan fingerprint density at radius 3 is 2.43 bits per heavy atom. The van der Waals surface area contributed by atoms with Crippen LogP contribution >= 0.6 is 0 Å². The standard InChI is InChI=1S/C20H28N4O4/c1-4-28-20(27)23-9-7-22(8-10-23)19(26)21-16-12-18(25)24(13-16)17-6-5-14(2)15(3)11-17/h5-6,11,16H,4,7-10,12-13H2,1-3H3,(H,21,26)/t16-/m1/s1. The monoisotopic (exact) mass is 388 g/mol. The molecule has 0 saturated carbocycles. The molecule has 2 aliphatic rings. The molecule has 152 valence electrons. The van der Waals surface area contributed by atoms with Crippen LogP contribution in [0.1, 0.15) is 24.5 Å². The lowest BCUT2D eigenvalue weighted by Crippen LogP contribution is -2.54. The number of amides is 4. The summed E-state index contributed by atoms with van der Waals surface area (Å²) in [6, 6.07) is 5.55. The number of benzene rings is 1. The molecule has 1 aromatic carbocycles. The number of hydrogen-bond donors (Lipinski definition) is 1. The Labute approximate surface area is 165 Å². The minimum Gasteiger partial charge on any atom is -0.450 e. The number of piperazine rings is 1. The van der Waals surface area contributed by atoms with E-state index in [1.165, 1.54) is 5.56 Å². The van der Waals surface area contributed by atoms with E-state index in [2.05, 4.69) is 5.32 Å². The third-order valence-corrected chi connectivity index (χ3v) is 5.35. The molecular weight excluding hydrogens is 360 g/mol. The fraction of sp³-hybridized carbons (Fsp3) is 0.550. The van der Waals surface area contributed by atoms with Crippen LogP contribution in [0.5, 0.6) is 0 Å². The van der Waals surface area contributed by atoms with Gasteiger partial charge in [0.15, 0.2) is 0 Å². The fourth-order valence-corrected chi connectivity index (χ4v) is 3.52. The lowest BCUT2D eigenvalue weighted by atomic mass is 10.1. The molecule has 3 rings (SSSR count). The predicted octanol–water partition coefficient (Wildman–Crippen LogP) is 1.89. The average Bonchev–Trinajstić information content (AvgIpc) is 3.04. The topological polar surface area (TPSA) is 82.2 Å². The number of rotatable bonds is 3. The molecule has 4 amide bonds. The average molecular weight is 388 g/mol. The van der Waals surface area contributed by atoms with Crippen molar-refractivity contribution in [3.05, 3.63) is 29.3 Å². The van der Waals surface area contributed by atoms with Crippen molar-refractivity contribution in [2.24, 2.45) is 0 Å². The van der Waals surface area contributed by atoms with E-state index >= 15 is 0 Å². The molecule has 2 aliphatic heterocycles. The first-order valence-electron chi connectivity index (χ1n) is 9.73. The Bertz CT molecular complexity index is 759. The quantitative estimate of drug-likeness (QED) is 0.857. The summed E-state index contributed by atoms with van der Waals surface area (Å²) >= 11 is 0. The lowest BCUT2D eigenvalue weighted by molar-refractivity contribution is -0.117. The number of hydrogen-bond acceptors (Lipinski definition) is 4. The van der Waals surface area contributed by atoms with E-state index in [-0.39, 0.29) is 24.1 Å². The van der Waals surface area contributed by atoms with Crippen molar-refractivity contribution in [2.75, 3.05) is 44.2 Å². The molecular formula is C20H28N4O4. The van der Waals surface area contributed by atoms with Crippen molar-refractivity contribution in [1.82, 2.24) is 15.1 Å². The first-order chi connectivity index (χ1) is 13.4. The summed E-state index contributed by atoms with van der Waals surface area (Å²) in [6.07, 6.45) is -0.0467. The number of aryl methyl sites for hydroxylation is 2. The molecule has 0 aromatic heterocycles. The van der Waals surface area contributed by atoms with Gasteiger partial charge in [0, 0.05) is 44.8 Å². The molecule has 0 bridgehead atoms. The summed E-state index contributed by atoms with van der Waals surface area (Å²) in [5.41, 5.74) is 3.19. The normalized spacial score (nSPS) is 19.8. The van der Waals surface area contributed by atoms with Crippen molar-refractivity contribution < 1.29 is 19.1 Å². The van der Waals surface area contributed by atoms with Crippen LogP contribution in [0.4, 0.5) is 15.3 Å². The third kappa shape index (κ3) is 4.37. The summed E-state index contributed by atoms with van der Waals surface area (Å²) in [4.78, 5) is 41.7. The van der Waals surface area contributed by atoms with Crippen LogP contribution in [0.25, 0.3) is 0 Å². The van der Waals surface area contributed by atoms with Gasteiger partial charge in [0.05, 0.1) is 12.6 Å². The van der Waals surface area contributed by atoms with Crippen molar-refractivity contribution in [2.45, 2.75) is 33.2 Å². The summed E-state index contributed by atoms with van der Waals surface area (Å²) < 4.78 is 4.99. The summed E-state index contributed by atoms with van der Waals surface area (Å²) in [6.45, 7) is 8.44. The van der Waals surface area contributed by atoms with Gasteiger partial charge in [0.25, 0.3) is 0 Å². The summed E-state index contributed by atoms with van der Waals surface area (Å²) in [7, 11) is 0. The summed E-state index contributed by atoms with van der Waals surface area (Å²) in [5.74, 6) is 0.0145. The van der Waals surface area contributed by atoms with Gasteiger partial charge >= 0.3 is 12.1 Å². The minimum atomic E-state index is -0.340. The predicted molar refractivity (Wildman–Crippen MR) is 105 cm³/mol. The number of carbonyl (C=O) groups excluding carboxylic acids is 3. The van der Waals surface area contributed by atoms with Crippen LogP contribution in [-0.4, -0.2) is 73.2 Å². The zero-order chi connectivity index (χ0) is 20.3. The molecule has 1 N–H and O–H groups in total. The highest BCUT2D eigenvalue weighted by Crippen LogP contribution is 2.24. The number of nitrogens with one attached hydrogen (secondary N) is 1. The molecule has 8 nitrogen and oxygen atoms in total. The molecule has 28 heavy (non-hydrogen) atoms. The van der Waals surface area contributed by atoms with E-state index in [1.54, 1.807) is 21.6 Å². The maximum Gasteiger partial charge on any atom is 0.409 e. The number of urea groups is 1. The Kier molecular flexibility index (Phi) is 6.06. The molecule has 2 saturated heterocycles. The molecule has 2 heterocycles. The highest BCUT2D eigenvalue weighted by atomic mass is 16.6. The zero-order valence-corrected chi connectivity index (χ0v) is 16.7. The second-order valence-corrected chi connectivity index (χ2v) is 7.30. The smallest absolute Gasteiger partial charge is 0.409 e. The van der Waals surface area contributed by atoms with Crippen LogP contribution in [-0.2, 0) is 9.53 Å². The fourth-order valence-electron chi connectivity index (χ4n) is 3.52. The van der Waals surface area contributed by atoms with Gasteiger partial charge in [0.2, 0.25) is 5.91 Å². The van der Waals surface area contributed by atoms with Gasteiger partial charge in [-0.25, -0.2) is 9.59 Å². The molecule has 1 atom stereocenters. The van der Waals surface area contributed by atoms with E-state index < -0.39 is 0 Å². The molecule has 0 spiro atoms. The highest BCUT2D eigenvalue weighted by molar-refractivity contribution is 5.97. The van der Waals surface area contributed by atoms with Crippen LogP contribution in [0.3, 0.4) is 0 Å².